The number of aliphatic hydroxyl groups excluding tert-OH is 1. The fourth-order valence-corrected chi connectivity index (χ4v) is 3.71. The van der Waals surface area contributed by atoms with E-state index in [1.54, 1.807) is 0 Å². The lowest BCUT2D eigenvalue weighted by Gasteiger charge is -2.41. The number of fused-ring (bicyclic) bond motifs is 1. The number of aromatic nitrogens is 2. The Balaban J connectivity index is 1.91. The average Bonchev–Trinajstić information content (AvgIpc) is 2.67. The average molecular weight is 253 g/mol. The largest absolute Gasteiger partial charge is 0.611 e. The van der Waals surface area contributed by atoms with Gasteiger partial charge in [0.05, 0.1) is 12.1 Å². The van der Waals surface area contributed by atoms with Gasteiger partial charge in [0.2, 0.25) is 4.90 Å². The highest BCUT2D eigenvalue weighted by Crippen LogP contribution is 2.37. The van der Waals surface area contributed by atoms with E-state index in [2.05, 4.69) is 15.3 Å². The van der Waals surface area contributed by atoms with Crippen LogP contribution in [0.15, 0.2) is 11.2 Å². The lowest BCUT2D eigenvalue weighted by Crippen LogP contribution is -2.48. The maximum Gasteiger partial charge on any atom is 0.216 e. The van der Waals surface area contributed by atoms with Crippen LogP contribution in [0.2, 0.25) is 0 Å². The second kappa shape index (κ2) is 4.12. The first-order chi connectivity index (χ1) is 8.24. The van der Waals surface area contributed by atoms with Gasteiger partial charge < -0.3 is 15.0 Å². The predicted octanol–water partition coefficient (Wildman–Crippen LogP) is 0.467. The van der Waals surface area contributed by atoms with Crippen LogP contribution in [0.3, 0.4) is 0 Å². The van der Waals surface area contributed by atoms with Gasteiger partial charge >= 0.3 is 0 Å². The number of hydrogen-bond donors (Lipinski definition) is 2. The number of rotatable bonds is 3. The van der Waals surface area contributed by atoms with E-state index in [-0.39, 0.29) is 12.1 Å². The van der Waals surface area contributed by atoms with Crippen LogP contribution in [0.25, 0.3) is 0 Å². The van der Waals surface area contributed by atoms with Gasteiger partial charge in [-0.15, -0.1) is 0 Å². The number of aliphatic hydroxyl groups is 1. The van der Waals surface area contributed by atoms with E-state index in [0.717, 1.165) is 36.3 Å². The molecule has 2 N–H and O–H groups in total. The van der Waals surface area contributed by atoms with Crippen molar-refractivity contribution < 1.29 is 9.66 Å². The number of hydrogen-bond acceptors (Lipinski definition) is 5. The quantitative estimate of drug-likeness (QED) is 0.765. The molecule has 1 fully saturated rings. The Kier molecular flexibility index (Phi) is 2.72. The van der Waals surface area contributed by atoms with E-state index < -0.39 is 11.2 Å². The van der Waals surface area contributed by atoms with Crippen LogP contribution in [-0.2, 0) is 17.6 Å². The van der Waals surface area contributed by atoms with Crippen molar-refractivity contribution in [3.8, 4) is 0 Å². The molecule has 2 heterocycles. The third-order valence-electron chi connectivity index (χ3n) is 3.63. The van der Waals surface area contributed by atoms with E-state index in [4.69, 9.17) is 0 Å². The molecule has 17 heavy (non-hydrogen) atoms. The van der Waals surface area contributed by atoms with E-state index in [1.165, 1.54) is 6.33 Å². The highest BCUT2D eigenvalue weighted by Gasteiger charge is 2.39. The molecule has 92 valence electrons. The van der Waals surface area contributed by atoms with Crippen molar-refractivity contribution in [3.05, 3.63) is 12.0 Å². The van der Waals surface area contributed by atoms with E-state index in [1.807, 2.05) is 0 Å². The zero-order valence-corrected chi connectivity index (χ0v) is 10.3. The Morgan fingerprint density at radius 3 is 2.94 bits per heavy atom. The molecule has 1 aromatic rings. The van der Waals surface area contributed by atoms with Gasteiger partial charge in [0.25, 0.3) is 0 Å². The molecule has 0 amide bonds. The number of nitrogens with zero attached hydrogens (tertiary/aromatic N) is 2. The third kappa shape index (κ3) is 1.80. The standard InChI is InChI=1S/C11H15N3O2S/c15-6-11(3-1-4-11)14-10-9-8(12-7-13-10)2-5-17(9)16/h7,15H,1-6H2,(H,12,13,14). The molecule has 0 radical (unpaired) electrons. The van der Waals surface area contributed by atoms with E-state index in [0.29, 0.717) is 11.6 Å². The summed E-state index contributed by atoms with van der Waals surface area (Å²) in [7, 11) is 0. The molecule has 1 unspecified atom stereocenters. The molecular weight excluding hydrogens is 238 g/mol. The SMILES string of the molecule is [O-][S+]1CCc2ncnc(NC3(CO)CCC3)c21. The molecule has 3 rings (SSSR count). The van der Waals surface area contributed by atoms with Gasteiger partial charge in [0.1, 0.15) is 17.8 Å². The maximum atomic E-state index is 11.9. The Hall–Kier alpha value is -0.850. The van der Waals surface area contributed by atoms with Crippen LogP contribution >= 0.6 is 0 Å². The van der Waals surface area contributed by atoms with Gasteiger partial charge in [0, 0.05) is 6.42 Å². The molecule has 1 aliphatic carbocycles. The van der Waals surface area contributed by atoms with Crippen LogP contribution in [-0.4, -0.2) is 37.5 Å². The molecule has 6 heteroatoms. The Morgan fingerprint density at radius 2 is 2.29 bits per heavy atom. The summed E-state index contributed by atoms with van der Waals surface area (Å²) in [5, 5.41) is 12.7. The van der Waals surface area contributed by atoms with E-state index >= 15 is 0 Å². The number of nitrogens with one attached hydrogen (secondary N) is 1. The van der Waals surface area contributed by atoms with Gasteiger partial charge in [-0.1, -0.05) is 0 Å². The second-order valence-electron chi connectivity index (χ2n) is 4.71. The monoisotopic (exact) mass is 253 g/mol. The molecule has 0 saturated heterocycles. The summed E-state index contributed by atoms with van der Waals surface area (Å²) in [5.41, 5.74) is 0.628. The minimum atomic E-state index is -0.993. The molecule has 5 nitrogen and oxygen atoms in total. The molecule has 1 aliphatic heterocycles. The van der Waals surface area contributed by atoms with Crippen LogP contribution in [0.4, 0.5) is 5.82 Å². The van der Waals surface area contributed by atoms with Crippen LogP contribution < -0.4 is 5.32 Å². The highest BCUT2D eigenvalue weighted by atomic mass is 32.2. The minimum absolute atomic E-state index is 0.0956. The Bertz CT molecular complexity index is 431. The summed E-state index contributed by atoms with van der Waals surface area (Å²) >= 11 is -0.993. The summed E-state index contributed by atoms with van der Waals surface area (Å²) in [6.45, 7) is 0.0956. The molecular formula is C11H15N3O2S. The first kappa shape index (κ1) is 11.3. The second-order valence-corrected chi connectivity index (χ2v) is 6.22. The first-order valence-electron chi connectivity index (χ1n) is 5.85. The molecule has 0 spiro atoms. The molecule has 1 aromatic heterocycles. The summed E-state index contributed by atoms with van der Waals surface area (Å²) in [5.74, 6) is 1.29. The molecule has 2 aliphatic rings. The van der Waals surface area contributed by atoms with Gasteiger partial charge in [-0.25, -0.2) is 9.97 Å². The fraction of sp³-hybridized carbons (Fsp3) is 0.636. The van der Waals surface area contributed by atoms with Crippen molar-refractivity contribution >= 4 is 17.0 Å². The summed E-state index contributed by atoms with van der Waals surface area (Å²) in [6.07, 6.45) is 5.26. The first-order valence-corrected chi connectivity index (χ1v) is 7.17. The van der Waals surface area contributed by atoms with Crippen LogP contribution in [0, 0.1) is 0 Å². The summed E-state index contributed by atoms with van der Waals surface area (Å²) in [6, 6.07) is 0. The lowest BCUT2D eigenvalue weighted by molar-refractivity contribution is 0.143. The Labute approximate surface area is 103 Å². The summed E-state index contributed by atoms with van der Waals surface area (Å²) < 4.78 is 11.9. The summed E-state index contributed by atoms with van der Waals surface area (Å²) in [4.78, 5) is 9.10. The van der Waals surface area contributed by atoms with Crippen molar-refractivity contribution in [3.63, 3.8) is 0 Å². The maximum absolute atomic E-state index is 11.9. The van der Waals surface area contributed by atoms with Crippen molar-refractivity contribution in [2.24, 2.45) is 0 Å². The van der Waals surface area contributed by atoms with Crippen LogP contribution in [0.1, 0.15) is 25.0 Å². The fourth-order valence-electron chi connectivity index (χ4n) is 2.39. The Morgan fingerprint density at radius 1 is 1.47 bits per heavy atom. The van der Waals surface area contributed by atoms with Crippen molar-refractivity contribution in [1.82, 2.24) is 9.97 Å². The minimum Gasteiger partial charge on any atom is -0.611 e. The molecule has 1 saturated carbocycles. The zero-order valence-electron chi connectivity index (χ0n) is 9.48. The van der Waals surface area contributed by atoms with Crippen LogP contribution in [0.5, 0.6) is 0 Å². The van der Waals surface area contributed by atoms with Gasteiger partial charge in [-0.2, -0.15) is 0 Å². The predicted molar refractivity (Wildman–Crippen MR) is 64.3 cm³/mol. The van der Waals surface area contributed by atoms with Gasteiger partial charge in [-0.3, -0.25) is 0 Å². The number of aryl methyl sites for hydroxylation is 1. The van der Waals surface area contributed by atoms with Crippen molar-refractivity contribution in [1.29, 1.82) is 0 Å². The van der Waals surface area contributed by atoms with Gasteiger partial charge in [0.15, 0.2) is 5.82 Å². The number of anilines is 1. The lowest BCUT2D eigenvalue weighted by atomic mass is 9.77. The highest BCUT2D eigenvalue weighted by molar-refractivity contribution is 7.91. The van der Waals surface area contributed by atoms with E-state index in [9.17, 15) is 9.66 Å². The molecule has 0 bridgehead atoms. The van der Waals surface area contributed by atoms with Gasteiger partial charge in [-0.05, 0) is 30.4 Å². The zero-order chi connectivity index (χ0) is 11.9. The van der Waals surface area contributed by atoms with Crippen molar-refractivity contribution in [2.45, 2.75) is 36.1 Å². The molecule has 1 atom stereocenters. The topological polar surface area (TPSA) is 81.1 Å². The smallest absolute Gasteiger partial charge is 0.216 e. The molecule has 0 aromatic carbocycles. The normalized spacial score (nSPS) is 25.2. The third-order valence-corrected chi connectivity index (χ3v) is 5.09. The van der Waals surface area contributed by atoms with Crippen molar-refractivity contribution in [2.75, 3.05) is 17.7 Å².